The van der Waals surface area contributed by atoms with Gasteiger partial charge < -0.3 is 5.11 Å². The standard InChI is InChI=1S/C12H7Cl2NO2/c13-8-4-7(5-9(14)6-8)10-2-1-3-11(15-10)12(16)17/h1-6H,(H,16,17). The fourth-order valence-electron chi connectivity index (χ4n) is 1.42. The number of carboxylic acids is 1. The van der Waals surface area contributed by atoms with Gasteiger partial charge >= 0.3 is 5.97 Å². The van der Waals surface area contributed by atoms with E-state index in [-0.39, 0.29) is 5.69 Å². The molecule has 0 bridgehead atoms. The molecule has 1 aromatic carbocycles. The maximum atomic E-state index is 10.8. The van der Waals surface area contributed by atoms with Crippen molar-refractivity contribution < 1.29 is 9.90 Å². The molecule has 0 fully saturated rings. The maximum Gasteiger partial charge on any atom is 0.354 e. The lowest BCUT2D eigenvalue weighted by Crippen LogP contribution is -2.00. The van der Waals surface area contributed by atoms with Gasteiger partial charge in [-0.3, -0.25) is 0 Å². The van der Waals surface area contributed by atoms with E-state index < -0.39 is 5.97 Å². The first-order chi connectivity index (χ1) is 8.06. The first-order valence-corrected chi connectivity index (χ1v) is 5.48. The van der Waals surface area contributed by atoms with Crippen LogP contribution < -0.4 is 0 Å². The number of nitrogens with zero attached hydrogens (tertiary/aromatic N) is 1. The van der Waals surface area contributed by atoms with E-state index >= 15 is 0 Å². The zero-order valence-corrected chi connectivity index (χ0v) is 10.0. The molecule has 0 aliphatic carbocycles. The summed E-state index contributed by atoms with van der Waals surface area (Å²) < 4.78 is 0. The number of carbonyl (C=O) groups is 1. The molecule has 1 N–H and O–H groups in total. The molecule has 0 radical (unpaired) electrons. The molecule has 86 valence electrons. The Labute approximate surface area is 108 Å². The molecule has 3 nitrogen and oxygen atoms in total. The Kier molecular flexibility index (Phi) is 3.31. The Balaban J connectivity index is 2.52. The predicted molar refractivity (Wildman–Crippen MR) is 66.7 cm³/mol. The lowest BCUT2D eigenvalue weighted by molar-refractivity contribution is 0.0690. The molecule has 2 rings (SSSR count). The highest BCUT2D eigenvalue weighted by Crippen LogP contribution is 2.26. The van der Waals surface area contributed by atoms with Gasteiger partial charge in [0, 0.05) is 15.6 Å². The number of rotatable bonds is 2. The minimum atomic E-state index is -1.07. The van der Waals surface area contributed by atoms with E-state index in [9.17, 15) is 4.79 Å². The third kappa shape index (κ3) is 2.75. The average molecular weight is 268 g/mol. The number of halogens is 2. The van der Waals surface area contributed by atoms with Gasteiger partial charge in [-0.25, -0.2) is 9.78 Å². The summed E-state index contributed by atoms with van der Waals surface area (Å²) in [4.78, 5) is 14.8. The van der Waals surface area contributed by atoms with E-state index in [0.717, 1.165) is 0 Å². The van der Waals surface area contributed by atoms with Crippen LogP contribution in [0.5, 0.6) is 0 Å². The Morgan fingerprint density at radius 2 is 1.76 bits per heavy atom. The van der Waals surface area contributed by atoms with Crippen molar-refractivity contribution in [2.45, 2.75) is 0 Å². The monoisotopic (exact) mass is 267 g/mol. The third-order valence-electron chi connectivity index (χ3n) is 2.13. The predicted octanol–water partition coefficient (Wildman–Crippen LogP) is 3.75. The summed E-state index contributed by atoms with van der Waals surface area (Å²) in [7, 11) is 0. The molecule has 0 aliphatic heterocycles. The Morgan fingerprint density at radius 3 is 2.35 bits per heavy atom. The van der Waals surface area contributed by atoms with Gasteiger partial charge in [0.15, 0.2) is 0 Å². The molecule has 0 atom stereocenters. The van der Waals surface area contributed by atoms with Gasteiger partial charge in [-0.1, -0.05) is 29.3 Å². The molecule has 1 heterocycles. The van der Waals surface area contributed by atoms with E-state index in [1.165, 1.54) is 6.07 Å². The normalized spacial score (nSPS) is 10.2. The van der Waals surface area contributed by atoms with Crippen LogP contribution in [0.2, 0.25) is 10.0 Å². The van der Waals surface area contributed by atoms with Crippen molar-refractivity contribution in [1.82, 2.24) is 4.98 Å². The van der Waals surface area contributed by atoms with Crippen LogP contribution in [0.25, 0.3) is 11.3 Å². The molecular weight excluding hydrogens is 261 g/mol. The average Bonchev–Trinajstić information content (AvgIpc) is 2.28. The summed E-state index contributed by atoms with van der Waals surface area (Å²) in [5.74, 6) is -1.07. The number of aromatic nitrogens is 1. The molecule has 0 unspecified atom stereocenters. The number of aromatic carboxylic acids is 1. The number of carboxylic acid groups (broad SMARTS) is 1. The number of benzene rings is 1. The van der Waals surface area contributed by atoms with E-state index in [2.05, 4.69) is 4.98 Å². The van der Waals surface area contributed by atoms with Gasteiger partial charge in [-0.15, -0.1) is 0 Å². The number of hydrogen-bond acceptors (Lipinski definition) is 2. The van der Waals surface area contributed by atoms with Crippen molar-refractivity contribution in [2.24, 2.45) is 0 Å². The summed E-state index contributed by atoms with van der Waals surface area (Å²) >= 11 is 11.7. The summed E-state index contributed by atoms with van der Waals surface area (Å²) in [6.07, 6.45) is 0. The third-order valence-corrected chi connectivity index (χ3v) is 2.56. The van der Waals surface area contributed by atoms with Crippen molar-refractivity contribution in [2.75, 3.05) is 0 Å². The molecule has 0 saturated carbocycles. The highest BCUT2D eigenvalue weighted by molar-refractivity contribution is 6.35. The van der Waals surface area contributed by atoms with Gasteiger partial charge in [0.05, 0.1) is 5.69 Å². The molecule has 0 spiro atoms. The minimum absolute atomic E-state index is 0.0152. The fourth-order valence-corrected chi connectivity index (χ4v) is 1.94. The van der Waals surface area contributed by atoms with Crippen molar-refractivity contribution >= 4 is 29.2 Å². The molecule has 17 heavy (non-hydrogen) atoms. The Bertz CT molecular complexity index is 564. The topological polar surface area (TPSA) is 50.2 Å². The van der Waals surface area contributed by atoms with E-state index in [0.29, 0.717) is 21.3 Å². The van der Waals surface area contributed by atoms with E-state index in [4.69, 9.17) is 28.3 Å². The van der Waals surface area contributed by atoms with Crippen LogP contribution in [0.1, 0.15) is 10.5 Å². The molecule has 0 aliphatic rings. The molecule has 0 saturated heterocycles. The summed E-state index contributed by atoms with van der Waals surface area (Å²) in [5, 5.41) is 9.81. The van der Waals surface area contributed by atoms with Crippen molar-refractivity contribution in [1.29, 1.82) is 0 Å². The van der Waals surface area contributed by atoms with Gasteiger partial charge in [0.2, 0.25) is 0 Å². The van der Waals surface area contributed by atoms with Gasteiger partial charge in [0.1, 0.15) is 5.69 Å². The number of hydrogen-bond donors (Lipinski definition) is 1. The second-order valence-corrected chi connectivity index (χ2v) is 4.24. The number of pyridine rings is 1. The minimum Gasteiger partial charge on any atom is -0.477 e. The van der Waals surface area contributed by atoms with Gasteiger partial charge in [-0.05, 0) is 30.3 Å². The summed E-state index contributed by atoms with van der Waals surface area (Å²) in [6.45, 7) is 0. The molecule has 2 aromatic rings. The first-order valence-electron chi connectivity index (χ1n) is 4.73. The van der Waals surface area contributed by atoms with Crippen LogP contribution in [0.3, 0.4) is 0 Å². The van der Waals surface area contributed by atoms with E-state index in [1.54, 1.807) is 30.3 Å². The summed E-state index contributed by atoms with van der Waals surface area (Å²) in [6, 6.07) is 9.73. The Hall–Kier alpha value is -1.58. The van der Waals surface area contributed by atoms with Crippen LogP contribution in [0, 0.1) is 0 Å². The molecule has 5 heteroatoms. The zero-order chi connectivity index (χ0) is 12.4. The summed E-state index contributed by atoms with van der Waals surface area (Å²) in [5.41, 5.74) is 1.19. The lowest BCUT2D eigenvalue weighted by Gasteiger charge is -2.03. The van der Waals surface area contributed by atoms with Gasteiger partial charge in [-0.2, -0.15) is 0 Å². The fraction of sp³-hybridized carbons (Fsp3) is 0. The quantitative estimate of drug-likeness (QED) is 0.902. The highest BCUT2D eigenvalue weighted by Gasteiger charge is 2.07. The molecule has 0 amide bonds. The van der Waals surface area contributed by atoms with Crippen molar-refractivity contribution in [3.63, 3.8) is 0 Å². The Morgan fingerprint density at radius 1 is 1.12 bits per heavy atom. The smallest absolute Gasteiger partial charge is 0.354 e. The molecular formula is C12H7Cl2NO2. The van der Waals surface area contributed by atoms with Crippen LogP contribution in [0.15, 0.2) is 36.4 Å². The van der Waals surface area contributed by atoms with Crippen molar-refractivity contribution in [3.8, 4) is 11.3 Å². The zero-order valence-electron chi connectivity index (χ0n) is 8.52. The van der Waals surface area contributed by atoms with Crippen LogP contribution >= 0.6 is 23.2 Å². The van der Waals surface area contributed by atoms with Gasteiger partial charge in [0.25, 0.3) is 0 Å². The SMILES string of the molecule is O=C(O)c1cccc(-c2cc(Cl)cc(Cl)c2)n1. The van der Waals surface area contributed by atoms with Crippen LogP contribution in [-0.2, 0) is 0 Å². The van der Waals surface area contributed by atoms with Crippen molar-refractivity contribution in [3.05, 3.63) is 52.1 Å². The first kappa shape index (κ1) is 11.9. The largest absolute Gasteiger partial charge is 0.477 e. The lowest BCUT2D eigenvalue weighted by atomic mass is 10.1. The maximum absolute atomic E-state index is 10.8. The van der Waals surface area contributed by atoms with Crippen LogP contribution in [-0.4, -0.2) is 16.1 Å². The second-order valence-electron chi connectivity index (χ2n) is 3.37. The van der Waals surface area contributed by atoms with E-state index in [1.807, 2.05) is 0 Å². The second kappa shape index (κ2) is 4.73. The highest BCUT2D eigenvalue weighted by atomic mass is 35.5. The molecule has 1 aromatic heterocycles. The van der Waals surface area contributed by atoms with Crippen LogP contribution in [0.4, 0.5) is 0 Å².